The van der Waals surface area contributed by atoms with E-state index in [9.17, 15) is 0 Å². The molecule has 0 radical (unpaired) electrons. The van der Waals surface area contributed by atoms with Crippen LogP contribution >= 0.6 is 11.3 Å². The van der Waals surface area contributed by atoms with E-state index >= 15 is 0 Å². The summed E-state index contributed by atoms with van der Waals surface area (Å²) in [5.41, 5.74) is 1.33. The Morgan fingerprint density at radius 1 is 1.24 bits per heavy atom. The third-order valence-corrected chi connectivity index (χ3v) is 4.36. The Labute approximate surface area is 110 Å². The molecule has 1 atom stereocenters. The molecule has 1 unspecified atom stereocenters. The van der Waals surface area contributed by atoms with Crippen LogP contribution in [0.25, 0.3) is 0 Å². The van der Waals surface area contributed by atoms with Crippen LogP contribution in [0.2, 0.25) is 0 Å². The molecule has 3 heteroatoms. The highest BCUT2D eigenvalue weighted by Gasteiger charge is 2.13. The fourth-order valence-electron chi connectivity index (χ4n) is 1.74. The third-order valence-electron chi connectivity index (χ3n) is 3.03. The average molecular weight is 254 g/mol. The van der Waals surface area contributed by atoms with Crippen molar-refractivity contribution in [2.75, 3.05) is 6.54 Å². The molecule has 2 nitrogen and oxygen atoms in total. The van der Waals surface area contributed by atoms with Gasteiger partial charge in [0.25, 0.3) is 0 Å². The zero-order chi connectivity index (χ0) is 12.7. The first-order chi connectivity index (χ1) is 8.22. The molecule has 0 amide bonds. The summed E-state index contributed by atoms with van der Waals surface area (Å²) in [5, 5.41) is 4.81. The van der Waals surface area contributed by atoms with Crippen LogP contribution in [-0.2, 0) is 13.0 Å². The van der Waals surface area contributed by atoms with E-state index in [4.69, 9.17) is 4.98 Å². The number of nitrogens with zero attached hydrogens (tertiary/aromatic N) is 1. The van der Waals surface area contributed by atoms with Crippen molar-refractivity contribution in [3.63, 3.8) is 0 Å². The van der Waals surface area contributed by atoms with Crippen LogP contribution in [0.15, 0.2) is 0 Å². The number of aryl methyl sites for hydroxylation is 1. The third kappa shape index (κ3) is 4.40. The van der Waals surface area contributed by atoms with Gasteiger partial charge in [0.1, 0.15) is 0 Å². The van der Waals surface area contributed by atoms with E-state index in [-0.39, 0.29) is 0 Å². The molecule has 0 fully saturated rings. The van der Waals surface area contributed by atoms with E-state index in [2.05, 4.69) is 33.0 Å². The Bertz CT molecular complexity index is 320. The van der Waals surface area contributed by atoms with Crippen molar-refractivity contribution in [2.24, 2.45) is 0 Å². The second-order valence-corrected chi connectivity index (χ2v) is 5.77. The highest BCUT2D eigenvalue weighted by molar-refractivity contribution is 7.11. The van der Waals surface area contributed by atoms with Gasteiger partial charge in [-0.2, -0.15) is 0 Å². The number of hydrogen-bond acceptors (Lipinski definition) is 3. The van der Waals surface area contributed by atoms with Crippen molar-refractivity contribution in [3.05, 3.63) is 15.6 Å². The lowest BCUT2D eigenvalue weighted by Crippen LogP contribution is -2.13. The maximum Gasteiger partial charge on any atom is 0.0959 e. The molecule has 0 aliphatic heterocycles. The zero-order valence-corrected chi connectivity index (χ0v) is 12.5. The Hall–Kier alpha value is -0.410. The van der Waals surface area contributed by atoms with Crippen LogP contribution < -0.4 is 5.32 Å². The first-order valence-electron chi connectivity index (χ1n) is 6.92. The molecule has 0 saturated heterocycles. The van der Waals surface area contributed by atoms with Gasteiger partial charge in [0, 0.05) is 17.3 Å². The van der Waals surface area contributed by atoms with Crippen LogP contribution in [0, 0.1) is 0 Å². The minimum absolute atomic E-state index is 0.607. The van der Waals surface area contributed by atoms with E-state index < -0.39 is 0 Å². The second-order valence-electron chi connectivity index (χ2n) is 4.66. The zero-order valence-electron chi connectivity index (χ0n) is 11.7. The lowest BCUT2D eigenvalue weighted by atomic mass is 10.1. The standard InChI is InChI=1S/C14H26N2S/c1-5-8-12-13(10-15-9-6-2)17-14(16-12)11(4)7-3/h11,15H,5-10H2,1-4H3. The smallest absolute Gasteiger partial charge is 0.0959 e. The normalized spacial score (nSPS) is 12.9. The molecule has 0 saturated carbocycles. The van der Waals surface area contributed by atoms with Gasteiger partial charge in [-0.15, -0.1) is 11.3 Å². The predicted octanol–water partition coefficient (Wildman–Crippen LogP) is 4.11. The molecule has 1 rings (SSSR count). The molecule has 1 N–H and O–H groups in total. The van der Waals surface area contributed by atoms with Crippen LogP contribution in [-0.4, -0.2) is 11.5 Å². The van der Waals surface area contributed by atoms with E-state index in [0.717, 1.165) is 19.5 Å². The van der Waals surface area contributed by atoms with Gasteiger partial charge >= 0.3 is 0 Å². The average Bonchev–Trinajstić information content (AvgIpc) is 2.73. The van der Waals surface area contributed by atoms with Gasteiger partial charge in [-0.05, 0) is 25.8 Å². The summed E-state index contributed by atoms with van der Waals surface area (Å²) in [6.45, 7) is 11.0. The maximum absolute atomic E-state index is 4.83. The Morgan fingerprint density at radius 2 is 2.00 bits per heavy atom. The highest BCUT2D eigenvalue weighted by atomic mass is 32.1. The van der Waals surface area contributed by atoms with Crippen LogP contribution in [0.4, 0.5) is 0 Å². The van der Waals surface area contributed by atoms with Crippen molar-refractivity contribution >= 4 is 11.3 Å². The molecule has 98 valence electrons. The van der Waals surface area contributed by atoms with Gasteiger partial charge in [-0.3, -0.25) is 0 Å². The van der Waals surface area contributed by atoms with E-state index in [1.807, 2.05) is 11.3 Å². The Kier molecular flexibility index (Phi) is 6.75. The Morgan fingerprint density at radius 3 is 2.59 bits per heavy atom. The van der Waals surface area contributed by atoms with E-state index in [0.29, 0.717) is 5.92 Å². The van der Waals surface area contributed by atoms with E-state index in [1.54, 1.807) is 0 Å². The van der Waals surface area contributed by atoms with Crippen molar-refractivity contribution < 1.29 is 0 Å². The lowest BCUT2D eigenvalue weighted by Gasteiger charge is -2.02. The molecule has 1 aromatic heterocycles. The van der Waals surface area contributed by atoms with Gasteiger partial charge in [-0.25, -0.2) is 4.98 Å². The highest BCUT2D eigenvalue weighted by Crippen LogP contribution is 2.27. The lowest BCUT2D eigenvalue weighted by molar-refractivity contribution is 0.673. The molecule has 1 heterocycles. The number of nitrogens with one attached hydrogen (secondary N) is 1. The number of thiazole rings is 1. The van der Waals surface area contributed by atoms with Crippen molar-refractivity contribution in [1.82, 2.24) is 10.3 Å². The van der Waals surface area contributed by atoms with Gasteiger partial charge in [-0.1, -0.05) is 34.1 Å². The molecule has 0 aromatic carbocycles. The Balaban J connectivity index is 2.73. The first-order valence-corrected chi connectivity index (χ1v) is 7.73. The predicted molar refractivity (Wildman–Crippen MR) is 76.8 cm³/mol. The molecule has 0 aliphatic rings. The van der Waals surface area contributed by atoms with Crippen LogP contribution in [0.3, 0.4) is 0 Å². The summed E-state index contributed by atoms with van der Waals surface area (Å²) >= 11 is 1.91. The SMILES string of the molecule is CCCNCc1sc(C(C)CC)nc1CCC. The quantitative estimate of drug-likeness (QED) is 0.706. The summed E-state index contributed by atoms with van der Waals surface area (Å²) in [4.78, 5) is 6.28. The minimum atomic E-state index is 0.607. The monoisotopic (exact) mass is 254 g/mol. The number of aromatic nitrogens is 1. The van der Waals surface area contributed by atoms with E-state index in [1.165, 1.54) is 34.8 Å². The van der Waals surface area contributed by atoms with Crippen molar-refractivity contribution in [1.29, 1.82) is 0 Å². The topological polar surface area (TPSA) is 24.9 Å². The van der Waals surface area contributed by atoms with Crippen LogP contribution in [0.5, 0.6) is 0 Å². The van der Waals surface area contributed by atoms with Gasteiger partial charge in [0.2, 0.25) is 0 Å². The fraction of sp³-hybridized carbons (Fsp3) is 0.786. The molecule has 0 bridgehead atoms. The molecular formula is C14H26N2S. The largest absolute Gasteiger partial charge is 0.312 e. The molecular weight excluding hydrogens is 228 g/mol. The number of rotatable bonds is 8. The first kappa shape index (κ1) is 14.7. The molecule has 17 heavy (non-hydrogen) atoms. The van der Waals surface area contributed by atoms with Crippen molar-refractivity contribution in [3.8, 4) is 0 Å². The second kappa shape index (κ2) is 7.83. The molecule has 0 aliphatic carbocycles. The molecule has 1 aromatic rings. The summed E-state index contributed by atoms with van der Waals surface area (Å²) in [7, 11) is 0. The summed E-state index contributed by atoms with van der Waals surface area (Å²) in [6, 6.07) is 0. The summed E-state index contributed by atoms with van der Waals surface area (Å²) in [5.74, 6) is 0.607. The summed E-state index contributed by atoms with van der Waals surface area (Å²) in [6.07, 6.45) is 4.68. The fourth-order valence-corrected chi connectivity index (χ4v) is 2.95. The number of hydrogen-bond donors (Lipinski definition) is 1. The van der Waals surface area contributed by atoms with Crippen LogP contribution in [0.1, 0.15) is 68.5 Å². The molecule has 0 spiro atoms. The van der Waals surface area contributed by atoms with Gasteiger partial charge in [0.05, 0.1) is 10.7 Å². The maximum atomic E-state index is 4.83. The van der Waals surface area contributed by atoms with Crippen molar-refractivity contribution in [2.45, 2.75) is 65.8 Å². The minimum Gasteiger partial charge on any atom is -0.312 e. The van der Waals surface area contributed by atoms with Gasteiger partial charge < -0.3 is 5.32 Å². The van der Waals surface area contributed by atoms with Gasteiger partial charge in [0.15, 0.2) is 0 Å². The summed E-state index contributed by atoms with van der Waals surface area (Å²) < 4.78 is 0.